The fraction of sp³-hybridized carbons (Fsp3) is 0.385. The van der Waals surface area contributed by atoms with Crippen LogP contribution in [-0.4, -0.2) is 23.8 Å². The Bertz CT molecular complexity index is 469. The van der Waals surface area contributed by atoms with Crippen molar-refractivity contribution in [2.45, 2.75) is 19.4 Å². The standard InChI is InChI=1S/C13H13FN2O/c14-13-2-1-10(8-15)7-11(13)9-16-5-3-12(17)4-6-16/h1-2,7H,3-6,9H2. The second-order valence-corrected chi connectivity index (χ2v) is 4.23. The van der Waals surface area contributed by atoms with E-state index in [2.05, 4.69) is 0 Å². The van der Waals surface area contributed by atoms with Crippen molar-refractivity contribution in [3.8, 4) is 6.07 Å². The number of benzene rings is 1. The normalized spacial score (nSPS) is 16.8. The molecular weight excluding hydrogens is 219 g/mol. The van der Waals surface area contributed by atoms with Crippen LogP contribution >= 0.6 is 0 Å². The number of nitriles is 1. The van der Waals surface area contributed by atoms with Gasteiger partial charge < -0.3 is 0 Å². The summed E-state index contributed by atoms with van der Waals surface area (Å²) in [6, 6.07) is 6.37. The molecule has 1 saturated heterocycles. The summed E-state index contributed by atoms with van der Waals surface area (Å²) in [5, 5.41) is 8.76. The topological polar surface area (TPSA) is 44.1 Å². The van der Waals surface area contributed by atoms with Crippen molar-refractivity contribution >= 4 is 5.78 Å². The molecule has 88 valence electrons. The van der Waals surface area contributed by atoms with Crippen molar-refractivity contribution < 1.29 is 9.18 Å². The van der Waals surface area contributed by atoms with Gasteiger partial charge in [0.15, 0.2) is 0 Å². The molecule has 1 aromatic carbocycles. The molecule has 0 saturated carbocycles. The van der Waals surface area contributed by atoms with Crippen molar-refractivity contribution in [2.75, 3.05) is 13.1 Å². The van der Waals surface area contributed by atoms with Gasteiger partial charge in [0.2, 0.25) is 0 Å². The van der Waals surface area contributed by atoms with Gasteiger partial charge in [-0.15, -0.1) is 0 Å². The maximum atomic E-state index is 13.5. The first-order valence-corrected chi connectivity index (χ1v) is 5.61. The third kappa shape index (κ3) is 2.89. The summed E-state index contributed by atoms with van der Waals surface area (Å²) >= 11 is 0. The van der Waals surface area contributed by atoms with E-state index in [-0.39, 0.29) is 11.6 Å². The molecule has 1 aliphatic rings. The van der Waals surface area contributed by atoms with E-state index in [9.17, 15) is 9.18 Å². The number of piperidine rings is 1. The molecule has 0 aliphatic carbocycles. The number of nitrogens with zero attached hydrogens (tertiary/aromatic N) is 2. The number of Topliss-reactive ketones (excluding diaryl/α,β-unsaturated/α-hetero) is 1. The van der Waals surface area contributed by atoms with Gasteiger partial charge in [0, 0.05) is 38.0 Å². The van der Waals surface area contributed by atoms with Crippen LogP contribution in [0.15, 0.2) is 18.2 Å². The van der Waals surface area contributed by atoms with Gasteiger partial charge in [0.05, 0.1) is 11.6 Å². The molecule has 1 heterocycles. The van der Waals surface area contributed by atoms with E-state index in [0.717, 1.165) is 0 Å². The quantitative estimate of drug-likeness (QED) is 0.781. The number of carbonyl (C=O) groups is 1. The second-order valence-electron chi connectivity index (χ2n) is 4.23. The highest BCUT2D eigenvalue weighted by Gasteiger charge is 2.17. The zero-order valence-corrected chi connectivity index (χ0v) is 9.45. The van der Waals surface area contributed by atoms with Gasteiger partial charge in [0.1, 0.15) is 11.6 Å². The maximum absolute atomic E-state index is 13.5. The van der Waals surface area contributed by atoms with Crippen LogP contribution in [0.2, 0.25) is 0 Å². The molecule has 1 aromatic rings. The van der Waals surface area contributed by atoms with Gasteiger partial charge in [-0.1, -0.05) is 0 Å². The van der Waals surface area contributed by atoms with Crippen LogP contribution in [0.4, 0.5) is 4.39 Å². The summed E-state index contributed by atoms with van der Waals surface area (Å²) in [6.45, 7) is 1.82. The zero-order valence-electron chi connectivity index (χ0n) is 9.45. The van der Waals surface area contributed by atoms with Crippen LogP contribution in [-0.2, 0) is 11.3 Å². The lowest BCUT2D eigenvalue weighted by Crippen LogP contribution is -2.33. The van der Waals surface area contributed by atoms with E-state index >= 15 is 0 Å². The van der Waals surface area contributed by atoms with Crippen LogP contribution in [0.3, 0.4) is 0 Å². The Morgan fingerprint density at radius 3 is 2.71 bits per heavy atom. The highest BCUT2D eigenvalue weighted by molar-refractivity contribution is 5.79. The average molecular weight is 232 g/mol. The lowest BCUT2D eigenvalue weighted by molar-refractivity contribution is -0.121. The first-order chi connectivity index (χ1) is 8.19. The predicted octanol–water partition coefficient (Wildman–Crippen LogP) is 1.86. The average Bonchev–Trinajstić information content (AvgIpc) is 2.35. The molecule has 17 heavy (non-hydrogen) atoms. The Morgan fingerprint density at radius 2 is 2.06 bits per heavy atom. The van der Waals surface area contributed by atoms with Gasteiger partial charge in [-0.3, -0.25) is 9.69 Å². The van der Waals surface area contributed by atoms with E-state index in [0.29, 0.717) is 43.6 Å². The molecule has 0 aromatic heterocycles. The Labute approximate surface area is 99.5 Å². The maximum Gasteiger partial charge on any atom is 0.135 e. The summed E-state index contributed by atoms with van der Waals surface area (Å²) in [4.78, 5) is 13.1. The number of hydrogen-bond acceptors (Lipinski definition) is 3. The third-order valence-electron chi connectivity index (χ3n) is 2.98. The summed E-state index contributed by atoms with van der Waals surface area (Å²) in [7, 11) is 0. The highest BCUT2D eigenvalue weighted by Crippen LogP contribution is 2.15. The minimum Gasteiger partial charge on any atom is -0.300 e. The molecule has 1 aliphatic heterocycles. The van der Waals surface area contributed by atoms with Gasteiger partial charge in [-0.25, -0.2) is 4.39 Å². The van der Waals surface area contributed by atoms with Crippen LogP contribution in [0.25, 0.3) is 0 Å². The molecule has 1 fully saturated rings. The van der Waals surface area contributed by atoms with Crippen molar-refractivity contribution in [3.63, 3.8) is 0 Å². The zero-order chi connectivity index (χ0) is 12.3. The minimum absolute atomic E-state index is 0.271. The summed E-state index contributed by atoms with van der Waals surface area (Å²) < 4.78 is 13.5. The van der Waals surface area contributed by atoms with E-state index in [1.165, 1.54) is 12.1 Å². The summed E-state index contributed by atoms with van der Waals surface area (Å²) in [6.07, 6.45) is 1.08. The molecule has 0 amide bonds. The van der Waals surface area contributed by atoms with E-state index < -0.39 is 0 Å². The molecule has 0 bridgehead atoms. The third-order valence-corrected chi connectivity index (χ3v) is 2.98. The number of carbonyl (C=O) groups excluding carboxylic acids is 1. The number of rotatable bonds is 2. The lowest BCUT2D eigenvalue weighted by Gasteiger charge is -2.25. The second kappa shape index (κ2) is 5.07. The van der Waals surface area contributed by atoms with Crippen LogP contribution in [0.1, 0.15) is 24.0 Å². The molecule has 0 atom stereocenters. The van der Waals surface area contributed by atoms with Crippen molar-refractivity contribution in [2.24, 2.45) is 0 Å². The number of hydrogen-bond donors (Lipinski definition) is 0. The molecule has 0 spiro atoms. The first-order valence-electron chi connectivity index (χ1n) is 5.61. The minimum atomic E-state index is -0.291. The van der Waals surface area contributed by atoms with Crippen LogP contribution < -0.4 is 0 Å². The SMILES string of the molecule is N#Cc1ccc(F)c(CN2CCC(=O)CC2)c1. The molecule has 0 unspecified atom stereocenters. The fourth-order valence-electron chi connectivity index (χ4n) is 1.97. The van der Waals surface area contributed by atoms with Gasteiger partial charge in [-0.2, -0.15) is 5.26 Å². The Kier molecular flexibility index (Phi) is 3.50. The Morgan fingerprint density at radius 1 is 1.35 bits per heavy atom. The molecule has 2 rings (SSSR count). The Hall–Kier alpha value is -1.73. The van der Waals surface area contributed by atoms with Crippen molar-refractivity contribution in [1.82, 2.24) is 4.90 Å². The number of ketones is 1. The fourth-order valence-corrected chi connectivity index (χ4v) is 1.97. The lowest BCUT2D eigenvalue weighted by atomic mass is 10.1. The summed E-state index contributed by atoms with van der Waals surface area (Å²) in [5.74, 6) is -0.0200. The van der Waals surface area contributed by atoms with Gasteiger partial charge in [0.25, 0.3) is 0 Å². The van der Waals surface area contributed by atoms with Crippen LogP contribution in [0, 0.1) is 17.1 Å². The van der Waals surface area contributed by atoms with Crippen LogP contribution in [0.5, 0.6) is 0 Å². The first kappa shape index (κ1) is 11.7. The van der Waals surface area contributed by atoms with Gasteiger partial charge >= 0.3 is 0 Å². The largest absolute Gasteiger partial charge is 0.300 e. The molecule has 0 radical (unpaired) electrons. The van der Waals surface area contributed by atoms with E-state index in [4.69, 9.17) is 5.26 Å². The summed E-state index contributed by atoms with van der Waals surface area (Å²) in [5.41, 5.74) is 0.993. The highest BCUT2D eigenvalue weighted by atomic mass is 19.1. The molecule has 4 heteroatoms. The molecular formula is C13H13FN2O. The van der Waals surface area contributed by atoms with E-state index in [1.807, 2.05) is 11.0 Å². The predicted molar refractivity (Wildman–Crippen MR) is 60.6 cm³/mol. The van der Waals surface area contributed by atoms with E-state index in [1.54, 1.807) is 6.07 Å². The molecule has 0 N–H and O–H groups in total. The molecule has 3 nitrogen and oxygen atoms in total. The van der Waals surface area contributed by atoms with Crippen molar-refractivity contribution in [3.05, 3.63) is 35.1 Å². The number of likely N-dealkylation sites (tertiary alicyclic amines) is 1. The Balaban J connectivity index is 2.08. The number of halogens is 1. The smallest absolute Gasteiger partial charge is 0.135 e. The van der Waals surface area contributed by atoms with Crippen molar-refractivity contribution in [1.29, 1.82) is 5.26 Å². The van der Waals surface area contributed by atoms with Gasteiger partial charge in [-0.05, 0) is 18.2 Å². The monoisotopic (exact) mass is 232 g/mol.